The van der Waals surface area contributed by atoms with E-state index >= 15 is 0 Å². The molecule has 8 nitrogen and oxygen atoms in total. The summed E-state index contributed by atoms with van der Waals surface area (Å²) in [6.07, 6.45) is 7.32. The van der Waals surface area contributed by atoms with Gasteiger partial charge in [0, 0.05) is 37.0 Å². The van der Waals surface area contributed by atoms with Crippen molar-refractivity contribution >= 4 is 23.9 Å². The number of fused-ring (bicyclic) bond motifs is 2. The Hall–Kier alpha value is -4.33. The lowest BCUT2D eigenvalue weighted by molar-refractivity contribution is -0.124. The maximum absolute atomic E-state index is 13.2. The van der Waals surface area contributed by atoms with E-state index in [1.54, 1.807) is 18.1 Å². The normalized spacial score (nSPS) is 22.3. The Balaban J connectivity index is 1.28. The molecule has 2 aliphatic heterocycles. The topological polar surface area (TPSA) is 92.7 Å². The summed E-state index contributed by atoms with van der Waals surface area (Å²) in [6, 6.07) is 14.7. The molecule has 3 aliphatic rings. The van der Waals surface area contributed by atoms with Gasteiger partial charge in [0.2, 0.25) is 0 Å². The van der Waals surface area contributed by atoms with Gasteiger partial charge in [-0.3, -0.25) is 14.9 Å². The summed E-state index contributed by atoms with van der Waals surface area (Å²) in [6.45, 7) is 0.379. The highest BCUT2D eigenvalue weighted by atomic mass is 16.5. The van der Waals surface area contributed by atoms with Crippen LogP contribution in [0.3, 0.4) is 0 Å². The number of imide groups is 1. The molecule has 4 amide bonds. The number of aryl methyl sites for hydroxylation is 1. The van der Waals surface area contributed by atoms with Gasteiger partial charge in [0.25, 0.3) is 11.8 Å². The predicted octanol–water partition coefficient (Wildman–Crippen LogP) is 3.08. The quantitative estimate of drug-likeness (QED) is 0.547. The molecule has 182 valence electrons. The highest BCUT2D eigenvalue weighted by molar-refractivity contribution is 6.08. The third-order valence-corrected chi connectivity index (χ3v) is 7.53. The van der Waals surface area contributed by atoms with Gasteiger partial charge < -0.3 is 19.5 Å². The lowest BCUT2D eigenvalue weighted by Crippen LogP contribution is -2.52. The average Bonchev–Trinajstić information content (AvgIpc) is 3.51. The first-order valence-electron chi connectivity index (χ1n) is 11.9. The molecular weight excluding hydrogens is 456 g/mol. The van der Waals surface area contributed by atoms with Crippen molar-refractivity contribution in [1.29, 1.82) is 0 Å². The van der Waals surface area contributed by atoms with Crippen LogP contribution in [0.2, 0.25) is 0 Å². The van der Waals surface area contributed by atoms with Gasteiger partial charge in [-0.25, -0.2) is 4.79 Å². The number of amides is 4. The first kappa shape index (κ1) is 22.2. The number of carbonyl (C=O) groups is 3. The molecule has 1 saturated heterocycles. The van der Waals surface area contributed by atoms with E-state index in [1.807, 2.05) is 43.4 Å². The van der Waals surface area contributed by atoms with Crippen LogP contribution >= 0.6 is 0 Å². The van der Waals surface area contributed by atoms with Gasteiger partial charge in [-0.15, -0.1) is 0 Å². The van der Waals surface area contributed by atoms with Crippen LogP contribution in [0.1, 0.15) is 44.2 Å². The van der Waals surface area contributed by atoms with Crippen LogP contribution < -0.4 is 15.4 Å². The minimum absolute atomic E-state index is 0.0243. The maximum atomic E-state index is 13.2. The molecule has 1 aromatic heterocycles. The molecule has 2 N–H and O–H groups in total. The number of benzene rings is 2. The van der Waals surface area contributed by atoms with E-state index < -0.39 is 17.5 Å². The summed E-state index contributed by atoms with van der Waals surface area (Å²) in [4.78, 5) is 40.2. The highest BCUT2D eigenvalue weighted by Crippen LogP contribution is 2.35. The number of methoxy groups -OCH3 is 1. The van der Waals surface area contributed by atoms with Crippen molar-refractivity contribution in [3.63, 3.8) is 0 Å². The van der Waals surface area contributed by atoms with E-state index in [-0.39, 0.29) is 18.4 Å². The Morgan fingerprint density at radius 3 is 2.58 bits per heavy atom. The second kappa shape index (κ2) is 8.12. The Labute approximate surface area is 208 Å². The number of hydrogen-bond donors (Lipinski definition) is 2. The van der Waals surface area contributed by atoms with Gasteiger partial charge in [-0.05, 0) is 52.9 Å². The number of nitrogens with zero attached hydrogens (tertiary/aromatic N) is 2. The Bertz CT molecular complexity index is 1440. The van der Waals surface area contributed by atoms with Gasteiger partial charge in [-0.1, -0.05) is 36.4 Å². The smallest absolute Gasteiger partial charge is 0.322 e. The fraction of sp³-hybridized carbons (Fsp3) is 0.250. The number of allylic oxidation sites excluding steroid dienone is 1. The molecule has 8 heteroatoms. The van der Waals surface area contributed by atoms with Crippen molar-refractivity contribution < 1.29 is 19.1 Å². The molecule has 6 rings (SSSR count). The van der Waals surface area contributed by atoms with Gasteiger partial charge in [0.1, 0.15) is 5.75 Å². The van der Waals surface area contributed by atoms with E-state index in [1.165, 1.54) is 11.3 Å². The molecule has 3 heterocycles. The van der Waals surface area contributed by atoms with E-state index in [0.717, 1.165) is 17.5 Å². The molecule has 36 heavy (non-hydrogen) atoms. The van der Waals surface area contributed by atoms with E-state index in [4.69, 9.17) is 4.74 Å². The standard InChI is InChI=1S/C28H26N4O4/c1-31-12-11-19-13-18(6-10-24(19)31)17-3-7-21(8-4-17)28(26(34)29-27(35)30-28)16-32-15-20-5-9-22(36-2)14-23(20)25(32)33/h3-12,14,18H,13,15-16H2,1-2H3,(H2,29,30,34,35)/t18-,28-/m0/s1. The van der Waals surface area contributed by atoms with Crippen LogP contribution in [0.25, 0.3) is 6.08 Å². The van der Waals surface area contributed by atoms with Crippen LogP contribution in [-0.4, -0.2) is 41.0 Å². The van der Waals surface area contributed by atoms with Crippen LogP contribution in [0.5, 0.6) is 5.75 Å². The minimum Gasteiger partial charge on any atom is -0.497 e. The average molecular weight is 483 g/mol. The summed E-state index contributed by atoms with van der Waals surface area (Å²) >= 11 is 0. The zero-order chi connectivity index (χ0) is 25.0. The zero-order valence-electron chi connectivity index (χ0n) is 20.1. The third kappa shape index (κ3) is 3.40. The highest BCUT2D eigenvalue weighted by Gasteiger charge is 2.50. The second-order valence-electron chi connectivity index (χ2n) is 9.63. The molecule has 2 aromatic carbocycles. The summed E-state index contributed by atoms with van der Waals surface area (Å²) in [7, 11) is 3.59. The lowest BCUT2D eigenvalue weighted by Gasteiger charge is -2.31. The number of aromatic nitrogens is 1. The monoisotopic (exact) mass is 482 g/mol. The molecular formula is C28H26N4O4. The Kier molecular flexibility index (Phi) is 5.00. The molecule has 0 unspecified atom stereocenters. The predicted molar refractivity (Wildman–Crippen MR) is 133 cm³/mol. The first-order valence-corrected chi connectivity index (χ1v) is 11.9. The summed E-state index contributed by atoms with van der Waals surface area (Å²) in [5.74, 6) is 0.162. The molecule has 0 spiro atoms. The van der Waals surface area contributed by atoms with Crippen LogP contribution in [-0.2, 0) is 30.3 Å². The number of ether oxygens (including phenoxy) is 1. The Morgan fingerprint density at radius 2 is 1.86 bits per heavy atom. The second-order valence-corrected chi connectivity index (χ2v) is 9.63. The number of urea groups is 1. The molecule has 3 aromatic rings. The van der Waals surface area contributed by atoms with Crippen LogP contribution in [0.15, 0.2) is 60.8 Å². The Morgan fingerprint density at radius 1 is 1.06 bits per heavy atom. The van der Waals surface area contributed by atoms with Gasteiger partial charge in [0.05, 0.1) is 13.7 Å². The van der Waals surface area contributed by atoms with Crippen molar-refractivity contribution in [3.8, 4) is 5.75 Å². The van der Waals surface area contributed by atoms with Crippen LogP contribution in [0.4, 0.5) is 4.79 Å². The molecule has 2 atom stereocenters. The number of carbonyl (C=O) groups excluding carboxylic acids is 3. The lowest BCUT2D eigenvalue weighted by atomic mass is 9.84. The zero-order valence-corrected chi connectivity index (χ0v) is 20.1. The molecule has 1 aliphatic carbocycles. The van der Waals surface area contributed by atoms with Crippen molar-refractivity contribution in [2.24, 2.45) is 7.05 Å². The molecule has 0 radical (unpaired) electrons. The number of rotatable bonds is 5. The molecule has 1 fully saturated rings. The minimum atomic E-state index is -1.37. The maximum Gasteiger partial charge on any atom is 0.322 e. The van der Waals surface area contributed by atoms with Gasteiger partial charge in [0.15, 0.2) is 5.54 Å². The largest absolute Gasteiger partial charge is 0.497 e. The van der Waals surface area contributed by atoms with E-state index in [2.05, 4.69) is 39.6 Å². The van der Waals surface area contributed by atoms with Crippen molar-refractivity contribution in [1.82, 2.24) is 20.1 Å². The summed E-state index contributed by atoms with van der Waals surface area (Å²) in [5.41, 5.74) is 4.33. The number of nitrogens with one attached hydrogen (secondary N) is 2. The molecule has 0 saturated carbocycles. The SMILES string of the molecule is COc1ccc2c(c1)C(=O)N(C[C@@]1(c3ccc([C@H]4C=Cc5c(ccn5C)C4)cc3)NC(=O)NC1=O)C2. The first-order chi connectivity index (χ1) is 17.4. The van der Waals surface area contributed by atoms with E-state index in [9.17, 15) is 14.4 Å². The van der Waals surface area contributed by atoms with Crippen molar-refractivity contribution in [2.75, 3.05) is 13.7 Å². The summed E-state index contributed by atoms with van der Waals surface area (Å²) < 4.78 is 7.38. The van der Waals surface area contributed by atoms with E-state index in [0.29, 0.717) is 23.4 Å². The van der Waals surface area contributed by atoms with Gasteiger partial charge in [-0.2, -0.15) is 0 Å². The van der Waals surface area contributed by atoms with Crippen LogP contribution in [0, 0.1) is 0 Å². The number of hydrogen-bond acceptors (Lipinski definition) is 4. The van der Waals surface area contributed by atoms with Gasteiger partial charge >= 0.3 is 6.03 Å². The fourth-order valence-electron chi connectivity index (χ4n) is 5.53. The fourth-order valence-corrected chi connectivity index (χ4v) is 5.53. The van der Waals surface area contributed by atoms with Crippen molar-refractivity contribution in [2.45, 2.75) is 24.4 Å². The summed E-state index contributed by atoms with van der Waals surface area (Å²) in [5, 5.41) is 5.18. The third-order valence-electron chi connectivity index (χ3n) is 7.53. The molecule has 0 bridgehead atoms. The van der Waals surface area contributed by atoms with Crippen molar-refractivity contribution in [3.05, 3.63) is 94.3 Å².